The predicted octanol–water partition coefficient (Wildman–Crippen LogP) is 3.74. The molecule has 1 aromatic carbocycles. The van der Waals surface area contributed by atoms with E-state index in [1.807, 2.05) is 37.3 Å². The van der Waals surface area contributed by atoms with Crippen molar-refractivity contribution in [3.8, 4) is 5.75 Å². The maximum atomic E-state index is 13.8. The fourth-order valence-electron chi connectivity index (χ4n) is 3.06. The molecule has 1 aliphatic rings. The van der Waals surface area contributed by atoms with E-state index in [2.05, 4.69) is 0 Å². The van der Waals surface area contributed by atoms with Crippen molar-refractivity contribution in [2.24, 2.45) is 10.7 Å². The lowest BCUT2D eigenvalue weighted by Gasteiger charge is -2.11. The van der Waals surface area contributed by atoms with Crippen LogP contribution in [-0.2, 0) is 0 Å². The maximum Gasteiger partial charge on any atom is 0.234 e. The molecule has 2 heterocycles. The first-order valence-electron chi connectivity index (χ1n) is 8.68. The molecule has 0 amide bonds. The number of rotatable bonds is 6. The smallest absolute Gasteiger partial charge is 0.234 e. The normalized spacial score (nSPS) is 15.9. The summed E-state index contributed by atoms with van der Waals surface area (Å²) in [6, 6.07) is 8.67. The van der Waals surface area contributed by atoms with E-state index in [4.69, 9.17) is 23.4 Å². The highest BCUT2D eigenvalue weighted by Gasteiger charge is 2.16. The average Bonchev–Trinajstić information content (AvgIpc) is 3.23. The lowest BCUT2D eigenvalue weighted by atomic mass is 10.0. The Morgan fingerprint density at radius 3 is 2.78 bits per heavy atom. The Bertz CT molecular complexity index is 970. The molecule has 6 heteroatoms. The van der Waals surface area contributed by atoms with Crippen molar-refractivity contribution >= 4 is 25.3 Å². The largest absolute Gasteiger partial charge is 0.494 e. The Morgan fingerprint density at radius 2 is 2.15 bits per heavy atom. The van der Waals surface area contributed by atoms with E-state index in [9.17, 15) is 4.39 Å². The number of hydrogen-bond donors (Lipinski definition) is 1. The quantitative estimate of drug-likeness (QED) is 0.797. The van der Waals surface area contributed by atoms with Crippen molar-refractivity contribution in [2.75, 3.05) is 13.7 Å². The number of methoxy groups -OCH3 is 1. The van der Waals surface area contributed by atoms with Crippen LogP contribution in [0.15, 0.2) is 64.9 Å². The number of nitrogens with two attached hydrogens (primary N) is 1. The van der Waals surface area contributed by atoms with Crippen LogP contribution in [0.3, 0.4) is 0 Å². The number of aliphatic imine (C=N–C) groups is 1. The molecule has 27 heavy (non-hydrogen) atoms. The number of nitrogens with zero attached hydrogens (tertiary/aromatic N) is 2. The Kier molecular flexibility index (Phi) is 5.77. The number of allylic oxidation sites excluding steroid dienone is 3. The van der Waals surface area contributed by atoms with Crippen molar-refractivity contribution in [3.63, 3.8) is 0 Å². The second-order valence-electron chi connectivity index (χ2n) is 6.26. The zero-order valence-corrected chi connectivity index (χ0v) is 15.4. The van der Waals surface area contributed by atoms with E-state index in [-0.39, 0.29) is 5.75 Å². The molecule has 2 radical (unpaired) electrons. The lowest BCUT2D eigenvalue weighted by Crippen LogP contribution is -2.05. The molecule has 2 aromatic rings. The van der Waals surface area contributed by atoms with Crippen LogP contribution in [0.2, 0.25) is 0 Å². The van der Waals surface area contributed by atoms with Gasteiger partial charge < -0.3 is 14.9 Å². The van der Waals surface area contributed by atoms with Gasteiger partial charge >= 0.3 is 0 Å². The number of ether oxygens (including phenoxy) is 1. The first kappa shape index (κ1) is 18.9. The van der Waals surface area contributed by atoms with Gasteiger partial charge in [0.15, 0.2) is 11.6 Å². The van der Waals surface area contributed by atoms with Crippen LogP contribution >= 0.6 is 0 Å². The number of halogens is 1. The molecule has 136 valence electrons. The second kappa shape index (κ2) is 8.23. The maximum absolute atomic E-state index is 13.8. The van der Waals surface area contributed by atoms with E-state index in [1.54, 1.807) is 22.8 Å². The lowest BCUT2D eigenvalue weighted by molar-refractivity contribution is 0.386. The Labute approximate surface area is 160 Å². The van der Waals surface area contributed by atoms with Gasteiger partial charge in [-0.1, -0.05) is 12.1 Å². The third-order valence-electron chi connectivity index (χ3n) is 4.37. The molecule has 0 saturated heterocycles. The van der Waals surface area contributed by atoms with Crippen molar-refractivity contribution in [1.82, 2.24) is 4.48 Å². The predicted molar refractivity (Wildman–Crippen MR) is 109 cm³/mol. The highest BCUT2D eigenvalue weighted by molar-refractivity contribution is 6.11. The molecule has 0 saturated carbocycles. The first-order chi connectivity index (χ1) is 13.0. The molecule has 0 bridgehead atoms. The highest BCUT2D eigenvalue weighted by Crippen LogP contribution is 2.31. The van der Waals surface area contributed by atoms with Gasteiger partial charge in [0.25, 0.3) is 0 Å². The zero-order chi connectivity index (χ0) is 19.4. The zero-order valence-electron chi connectivity index (χ0n) is 15.4. The molecule has 4 nitrogen and oxygen atoms in total. The molecule has 0 unspecified atom stereocenters. The van der Waals surface area contributed by atoms with E-state index in [1.165, 1.54) is 13.2 Å². The van der Waals surface area contributed by atoms with Crippen LogP contribution in [0.5, 0.6) is 5.75 Å². The van der Waals surface area contributed by atoms with E-state index >= 15 is 0 Å². The minimum absolute atomic E-state index is 0.225. The fourth-order valence-corrected chi connectivity index (χ4v) is 3.06. The standard InChI is InChI=1S/C21H21BFN3O/c1-14-12-16(7-5-15-6-8-20(27-2)18(23)13-15)25-21(14)17(9-10-24)19-4-3-11-26(19)22/h3-8,11-13H,9-10,24H2,1-2H3/b7-5+,21-17-. The minimum atomic E-state index is -0.394. The highest BCUT2D eigenvalue weighted by atomic mass is 19.1. The van der Waals surface area contributed by atoms with Crippen LogP contribution in [0.4, 0.5) is 4.39 Å². The molecule has 0 atom stereocenters. The van der Waals surface area contributed by atoms with Gasteiger partial charge in [0, 0.05) is 11.3 Å². The Hall–Kier alpha value is -2.86. The topological polar surface area (TPSA) is 52.5 Å². The summed E-state index contributed by atoms with van der Waals surface area (Å²) in [4.78, 5) is 4.73. The molecule has 1 aromatic heterocycles. The van der Waals surface area contributed by atoms with Gasteiger partial charge in [-0.2, -0.15) is 0 Å². The van der Waals surface area contributed by atoms with Crippen LogP contribution in [0.25, 0.3) is 11.6 Å². The first-order valence-corrected chi connectivity index (χ1v) is 8.68. The van der Waals surface area contributed by atoms with E-state index in [0.29, 0.717) is 13.0 Å². The summed E-state index contributed by atoms with van der Waals surface area (Å²) >= 11 is 0. The van der Waals surface area contributed by atoms with Crippen molar-refractivity contribution < 1.29 is 9.13 Å². The van der Waals surface area contributed by atoms with Crippen LogP contribution in [-0.4, -0.2) is 31.8 Å². The average molecular weight is 361 g/mol. The van der Waals surface area contributed by atoms with Crippen molar-refractivity contribution in [1.29, 1.82) is 0 Å². The van der Waals surface area contributed by atoms with Crippen molar-refractivity contribution in [3.05, 3.63) is 77.0 Å². The second-order valence-corrected chi connectivity index (χ2v) is 6.26. The third-order valence-corrected chi connectivity index (χ3v) is 4.37. The molecular weight excluding hydrogens is 340 g/mol. The van der Waals surface area contributed by atoms with Gasteiger partial charge in [-0.05, 0) is 73.6 Å². The molecular formula is C21H21BFN3O. The van der Waals surface area contributed by atoms with Crippen molar-refractivity contribution in [2.45, 2.75) is 13.3 Å². The Balaban J connectivity index is 1.92. The van der Waals surface area contributed by atoms with Gasteiger partial charge in [0.05, 0.1) is 18.5 Å². The number of benzene rings is 1. The molecule has 0 fully saturated rings. The summed E-state index contributed by atoms with van der Waals surface area (Å²) in [5.74, 6) is -0.170. The van der Waals surface area contributed by atoms with Crippen LogP contribution < -0.4 is 10.5 Å². The summed E-state index contributed by atoms with van der Waals surface area (Å²) in [5.41, 5.74) is 11.2. The van der Waals surface area contributed by atoms with E-state index < -0.39 is 5.82 Å². The van der Waals surface area contributed by atoms with Gasteiger partial charge in [-0.15, -0.1) is 0 Å². The number of hydrogen-bond acceptors (Lipinski definition) is 3. The van der Waals surface area contributed by atoms with Gasteiger partial charge in [-0.25, -0.2) is 9.38 Å². The van der Waals surface area contributed by atoms with Gasteiger partial charge in [0.2, 0.25) is 7.98 Å². The summed E-state index contributed by atoms with van der Waals surface area (Å²) in [7, 11) is 7.45. The number of aromatic nitrogens is 1. The summed E-state index contributed by atoms with van der Waals surface area (Å²) < 4.78 is 20.3. The summed E-state index contributed by atoms with van der Waals surface area (Å²) in [5, 5.41) is 0. The third kappa shape index (κ3) is 4.12. The SMILES string of the molecule is [B]n1cccc1/C(CCN)=C1N=C(/C=C/c2ccc(OC)c(F)c2)C=C\1C. The molecule has 0 spiro atoms. The van der Waals surface area contributed by atoms with Crippen LogP contribution in [0, 0.1) is 5.82 Å². The molecule has 3 rings (SSSR count). The molecule has 1 aliphatic heterocycles. The van der Waals surface area contributed by atoms with E-state index in [0.717, 1.165) is 33.8 Å². The van der Waals surface area contributed by atoms with Crippen LogP contribution in [0.1, 0.15) is 24.6 Å². The van der Waals surface area contributed by atoms with Gasteiger partial charge in [-0.3, -0.25) is 0 Å². The van der Waals surface area contributed by atoms with Gasteiger partial charge in [0.1, 0.15) is 0 Å². The fraction of sp³-hybridized carbons (Fsp3) is 0.190. The monoisotopic (exact) mass is 361 g/mol. The Morgan fingerprint density at radius 1 is 1.33 bits per heavy atom. The minimum Gasteiger partial charge on any atom is -0.494 e. The summed E-state index contributed by atoms with van der Waals surface area (Å²) in [6.45, 7) is 2.51. The molecule has 2 N–H and O–H groups in total. The molecule has 0 aliphatic carbocycles. The summed E-state index contributed by atoms with van der Waals surface area (Å²) in [6.07, 6.45) is 8.14.